The van der Waals surface area contributed by atoms with Crippen molar-refractivity contribution in [1.82, 2.24) is 19.6 Å². The van der Waals surface area contributed by atoms with Gasteiger partial charge in [-0.25, -0.2) is 4.98 Å². The number of carbonyl (C=O) groups is 1. The number of hydrogen-bond acceptors (Lipinski definition) is 6. The van der Waals surface area contributed by atoms with Gasteiger partial charge in [-0.05, 0) is 12.0 Å². The molecule has 8 heteroatoms. The molecule has 3 aromatic rings. The van der Waals surface area contributed by atoms with Crippen molar-refractivity contribution in [3.05, 3.63) is 22.5 Å². The highest BCUT2D eigenvalue weighted by Gasteiger charge is 2.27. The Morgan fingerprint density at radius 2 is 2.11 bits per heavy atom. The van der Waals surface area contributed by atoms with Crippen LogP contribution in [0, 0.1) is 5.92 Å². The number of amides is 1. The standard InChI is InChI=1S/C19H26N4O2S2/c1-3-13(4-2)15(22-5-8-25-9-6-22)12-20-17(24)16-11-14-18(27-16)21-19-23(14)7-10-26-19/h7,10-11,13,15H,3-6,8-9,12H2,1-2H3,(H,20,24). The van der Waals surface area contributed by atoms with Gasteiger partial charge in [-0.2, -0.15) is 0 Å². The van der Waals surface area contributed by atoms with Crippen LogP contribution in [0.5, 0.6) is 0 Å². The van der Waals surface area contributed by atoms with E-state index in [9.17, 15) is 4.79 Å². The van der Waals surface area contributed by atoms with E-state index in [1.54, 1.807) is 11.3 Å². The molecule has 4 heterocycles. The van der Waals surface area contributed by atoms with E-state index in [1.165, 1.54) is 11.3 Å². The van der Waals surface area contributed by atoms with E-state index >= 15 is 0 Å². The van der Waals surface area contributed by atoms with Gasteiger partial charge in [0.1, 0.15) is 4.83 Å². The molecular formula is C19H26N4O2S2. The fourth-order valence-corrected chi connectivity index (χ4v) is 5.70. The van der Waals surface area contributed by atoms with Crippen molar-refractivity contribution in [3.8, 4) is 0 Å². The van der Waals surface area contributed by atoms with Crippen LogP contribution in [0.1, 0.15) is 36.4 Å². The first kappa shape index (κ1) is 18.9. The topological polar surface area (TPSA) is 58.9 Å². The van der Waals surface area contributed by atoms with Crippen LogP contribution >= 0.6 is 22.7 Å². The maximum Gasteiger partial charge on any atom is 0.261 e. The number of nitrogens with zero attached hydrogens (tertiary/aromatic N) is 3. The lowest BCUT2D eigenvalue weighted by Gasteiger charge is -2.38. The summed E-state index contributed by atoms with van der Waals surface area (Å²) in [6.45, 7) is 8.62. The molecule has 0 saturated carbocycles. The first-order chi connectivity index (χ1) is 13.2. The second kappa shape index (κ2) is 8.26. The molecule has 1 amide bonds. The number of thiazole rings is 1. The Labute approximate surface area is 167 Å². The van der Waals surface area contributed by atoms with Crippen molar-refractivity contribution in [3.63, 3.8) is 0 Å². The minimum atomic E-state index is 0.00574. The van der Waals surface area contributed by atoms with Crippen LogP contribution in [-0.2, 0) is 4.74 Å². The molecule has 1 aliphatic heterocycles. The average Bonchev–Trinajstić information content (AvgIpc) is 3.38. The number of imidazole rings is 1. The molecule has 6 nitrogen and oxygen atoms in total. The van der Waals surface area contributed by atoms with Gasteiger partial charge in [-0.1, -0.05) is 26.7 Å². The summed E-state index contributed by atoms with van der Waals surface area (Å²) in [6.07, 6.45) is 4.25. The third kappa shape index (κ3) is 3.76. The van der Waals surface area contributed by atoms with Crippen molar-refractivity contribution in [2.24, 2.45) is 5.92 Å². The highest BCUT2D eigenvalue weighted by atomic mass is 32.1. The number of nitrogens with one attached hydrogen (secondary N) is 1. The van der Waals surface area contributed by atoms with Gasteiger partial charge in [0.2, 0.25) is 0 Å². The van der Waals surface area contributed by atoms with Gasteiger partial charge in [0.15, 0.2) is 4.96 Å². The first-order valence-corrected chi connectivity index (χ1v) is 11.4. The van der Waals surface area contributed by atoms with Crippen molar-refractivity contribution < 1.29 is 9.53 Å². The molecular weight excluding hydrogens is 380 g/mol. The lowest BCUT2D eigenvalue weighted by atomic mass is 9.92. The minimum absolute atomic E-state index is 0.00574. The zero-order valence-corrected chi connectivity index (χ0v) is 17.4. The van der Waals surface area contributed by atoms with E-state index < -0.39 is 0 Å². The number of morpholine rings is 1. The predicted molar refractivity (Wildman–Crippen MR) is 111 cm³/mol. The first-order valence-electron chi connectivity index (χ1n) is 9.66. The molecule has 27 heavy (non-hydrogen) atoms. The van der Waals surface area contributed by atoms with Gasteiger partial charge < -0.3 is 10.1 Å². The fraction of sp³-hybridized carbons (Fsp3) is 0.579. The molecule has 0 radical (unpaired) electrons. The Hall–Kier alpha value is -1.48. The summed E-state index contributed by atoms with van der Waals surface area (Å²) < 4.78 is 7.56. The molecule has 4 rings (SSSR count). The van der Waals surface area contributed by atoms with Gasteiger partial charge in [0.05, 0.1) is 23.6 Å². The van der Waals surface area contributed by atoms with Crippen molar-refractivity contribution in [1.29, 1.82) is 0 Å². The molecule has 0 spiro atoms. The minimum Gasteiger partial charge on any atom is -0.379 e. The van der Waals surface area contributed by atoms with E-state index in [1.807, 2.05) is 22.0 Å². The summed E-state index contributed by atoms with van der Waals surface area (Å²) in [5, 5.41) is 5.21. The van der Waals surface area contributed by atoms with Gasteiger partial charge in [-0.15, -0.1) is 22.7 Å². The highest BCUT2D eigenvalue weighted by Crippen LogP contribution is 2.28. The van der Waals surface area contributed by atoms with Crippen molar-refractivity contribution in [2.45, 2.75) is 32.7 Å². The zero-order valence-electron chi connectivity index (χ0n) is 15.8. The molecule has 1 atom stereocenters. The summed E-state index contributed by atoms with van der Waals surface area (Å²) in [5.74, 6) is 0.585. The number of rotatable bonds is 7. The summed E-state index contributed by atoms with van der Waals surface area (Å²) in [4.78, 5) is 22.5. The predicted octanol–water partition coefficient (Wildman–Crippen LogP) is 3.48. The maximum atomic E-state index is 12.8. The third-order valence-electron chi connectivity index (χ3n) is 5.54. The van der Waals surface area contributed by atoms with Crippen molar-refractivity contribution >= 4 is 43.9 Å². The lowest BCUT2D eigenvalue weighted by Crippen LogP contribution is -2.52. The van der Waals surface area contributed by atoms with Crippen molar-refractivity contribution in [2.75, 3.05) is 32.8 Å². The number of thiophene rings is 1. The molecule has 1 aliphatic rings. The number of aromatic nitrogens is 2. The smallest absolute Gasteiger partial charge is 0.261 e. The molecule has 0 aromatic carbocycles. The largest absolute Gasteiger partial charge is 0.379 e. The second-order valence-corrected chi connectivity index (χ2v) is 8.87. The Morgan fingerprint density at radius 3 is 2.85 bits per heavy atom. The Morgan fingerprint density at radius 1 is 1.33 bits per heavy atom. The molecule has 0 bridgehead atoms. The molecule has 1 N–H and O–H groups in total. The summed E-state index contributed by atoms with van der Waals surface area (Å²) in [5.41, 5.74) is 1.02. The summed E-state index contributed by atoms with van der Waals surface area (Å²) in [7, 11) is 0. The number of fused-ring (bicyclic) bond motifs is 3. The van der Waals surface area contributed by atoms with E-state index in [4.69, 9.17) is 4.74 Å². The van der Waals surface area contributed by atoms with E-state index in [0.29, 0.717) is 18.5 Å². The van der Waals surface area contributed by atoms with Crippen LogP contribution < -0.4 is 5.32 Å². The average molecular weight is 407 g/mol. The fourth-order valence-electron chi connectivity index (χ4n) is 3.98. The van der Waals surface area contributed by atoms with Crippen LogP contribution in [-0.4, -0.2) is 59.1 Å². The maximum absolute atomic E-state index is 12.8. The number of carbonyl (C=O) groups excluding carboxylic acids is 1. The normalized spacial score (nSPS) is 17.1. The van der Waals surface area contributed by atoms with Gasteiger partial charge >= 0.3 is 0 Å². The van der Waals surface area contributed by atoms with E-state index in [-0.39, 0.29) is 5.91 Å². The van der Waals surface area contributed by atoms with Crippen LogP contribution in [0.25, 0.3) is 15.3 Å². The quantitative estimate of drug-likeness (QED) is 0.653. The molecule has 146 valence electrons. The van der Waals surface area contributed by atoms with Gasteiger partial charge in [-0.3, -0.25) is 14.1 Å². The molecule has 1 fully saturated rings. The van der Waals surface area contributed by atoms with Gasteiger partial charge in [0, 0.05) is 37.3 Å². The molecule has 1 unspecified atom stereocenters. The third-order valence-corrected chi connectivity index (χ3v) is 7.32. The van der Waals surface area contributed by atoms with Crippen LogP contribution in [0.2, 0.25) is 0 Å². The Bertz CT molecular complexity index is 905. The van der Waals surface area contributed by atoms with E-state index in [2.05, 4.69) is 29.0 Å². The highest BCUT2D eigenvalue weighted by molar-refractivity contribution is 7.21. The second-order valence-electron chi connectivity index (χ2n) is 6.97. The van der Waals surface area contributed by atoms with Crippen LogP contribution in [0.4, 0.5) is 0 Å². The summed E-state index contributed by atoms with van der Waals surface area (Å²) in [6, 6.07) is 2.32. The molecule has 1 saturated heterocycles. The summed E-state index contributed by atoms with van der Waals surface area (Å²) >= 11 is 3.08. The number of ether oxygens (including phenoxy) is 1. The number of hydrogen-bond donors (Lipinski definition) is 1. The monoisotopic (exact) mass is 406 g/mol. The molecule has 3 aromatic heterocycles. The van der Waals surface area contributed by atoms with Crippen LogP contribution in [0.15, 0.2) is 17.6 Å². The van der Waals surface area contributed by atoms with E-state index in [0.717, 1.165) is 59.3 Å². The SMILES string of the molecule is CCC(CC)C(CNC(=O)c1cc2c(nc3sccn32)s1)N1CCOCC1. The Balaban J connectivity index is 1.47. The van der Waals surface area contributed by atoms with Crippen LogP contribution in [0.3, 0.4) is 0 Å². The lowest BCUT2D eigenvalue weighted by molar-refractivity contribution is 0.00192. The zero-order chi connectivity index (χ0) is 18.8. The molecule has 0 aliphatic carbocycles. The Kier molecular flexibility index (Phi) is 5.77. The van der Waals surface area contributed by atoms with Gasteiger partial charge in [0.25, 0.3) is 5.91 Å².